The van der Waals surface area contributed by atoms with E-state index in [0.29, 0.717) is 29.2 Å². The zero-order chi connectivity index (χ0) is 30.0. The lowest BCUT2D eigenvalue weighted by molar-refractivity contribution is -0.126. The summed E-state index contributed by atoms with van der Waals surface area (Å²) in [4.78, 5) is 41.2. The zero-order valence-corrected chi connectivity index (χ0v) is 25.2. The predicted octanol–water partition coefficient (Wildman–Crippen LogP) is 5.89. The van der Waals surface area contributed by atoms with Crippen LogP contribution in [0.4, 0.5) is 9.18 Å². The van der Waals surface area contributed by atoms with Crippen LogP contribution in [0.2, 0.25) is 0 Å². The van der Waals surface area contributed by atoms with Crippen LogP contribution in [0.5, 0.6) is 0 Å². The lowest BCUT2D eigenvalue weighted by atomic mass is 9.87. The summed E-state index contributed by atoms with van der Waals surface area (Å²) < 4.78 is 26.2. The Bertz CT molecular complexity index is 1370. The number of thiophene rings is 1. The van der Waals surface area contributed by atoms with E-state index >= 15 is 4.39 Å². The zero-order valence-electron chi connectivity index (χ0n) is 24.4. The Kier molecular flexibility index (Phi) is 9.00. The van der Waals surface area contributed by atoms with Gasteiger partial charge >= 0.3 is 6.09 Å². The number of hydrogen-bond donors (Lipinski definition) is 1. The van der Waals surface area contributed by atoms with Gasteiger partial charge in [0, 0.05) is 31.7 Å². The van der Waals surface area contributed by atoms with Crippen molar-refractivity contribution in [3.63, 3.8) is 0 Å². The van der Waals surface area contributed by atoms with Crippen LogP contribution in [-0.4, -0.2) is 59.6 Å². The highest BCUT2D eigenvalue weighted by Crippen LogP contribution is 2.44. The molecule has 3 heterocycles. The van der Waals surface area contributed by atoms with Gasteiger partial charge in [-0.3, -0.25) is 14.5 Å². The minimum absolute atomic E-state index is 0.0186. The van der Waals surface area contributed by atoms with Crippen molar-refractivity contribution in [2.24, 2.45) is 11.8 Å². The van der Waals surface area contributed by atoms with Crippen LogP contribution in [0.25, 0.3) is 11.1 Å². The summed E-state index contributed by atoms with van der Waals surface area (Å²) in [7, 11) is 0. The number of nitrogens with one attached hydrogen (secondary N) is 1. The van der Waals surface area contributed by atoms with Crippen LogP contribution >= 0.6 is 11.3 Å². The molecule has 5 rings (SSSR count). The van der Waals surface area contributed by atoms with Crippen molar-refractivity contribution in [2.45, 2.75) is 89.4 Å². The van der Waals surface area contributed by atoms with E-state index in [2.05, 4.69) is 11.4 Å². The highest BCUT2D eigenvalue weighted by atomic mass is 32.1. The molecule has 1 aliphatic carbocycles. The van der Waals surface area contributed by atoms with Gasteiger partial charge in [0.1, 0.15) is 11.4 Å². The van der Waals surface area contributed by atoms with Gasteiger partial charge in [-0.2, -0.15) is 5.26 Å². The number of ketones is 1. The van der Waals surface area contributed by atoms with Crippen molar-refractivity contribution in [2.75, 3.05) is 13.2 Å². The maximum atomic E-state index is 15.2. The van der Waals surface area contributed by atoms with Crippen molar-refractivity contribution in [1.82, 2.24) is 10.2 Å². The Morgan fingerprint density at radius 3 is 2.62 bits per heavy atom. The Morgan fingerprint density at radius 2 is 1.93 bits per heavy atom. The number of Topliss-reactive ketones (excluding diaryl/α,β-unsaturated/α-hetero) is 1. The molecule has 1 N–H and O–H groups in total. The Morgan fingerprint density at radius 1 is 1.17 bits per heavy atom. The third-order valence-corrected chi connectivity index (χ3v) is 9.31. The quantitative estimate of drug-likeness (QED) is 0.408. The van der Waals surface area contributed by atoms with E-state index in [-0.39, 0.29) is 42.5 Å². The second-order valence-electron chi connectivity index (χ2n) is 12.6. The van der Waals surface area contributed by atoms with Crippen molar-refractivity contribution < 1.29 is 28.2 Å². The second kappa shape index (κ2) is 12.5. The molecule has 0 radical (unpaired) electrons. The average Bonchev–Trinajstić information content (AvgIpc) is 3.70. The summed E-state index contributed by atoms with van der Waals surface area (Å²) in [5.41, 5.74) is 1.06. The number of likely N-dealkylation sites (tertiary alicyclic amines) is 1. The van der Waals surface area contributed by atoms with Gasteiger partial charge in [0.05, 0.1) is 22.9 Å². The molecule has 1 saturated carbocycles. The molecule has 0 unspecified atom stereocenters. The number of nitrogens with zero attached hydrogens (tertiary/aromatic N) is 2. The number of halogens is 1. The lowest BCUT2D eigenvalue weighted by Gasteiger charge is -2.35. The minimum atomic E-state index is -0.723. The van der Waals surface area contributed by atoms with E-state index in [9.17, 15) is 19.6 Å². The summed E-state index contributed by atoms with van der Waals surface area (Å²) in [6.07, 6.45) is 3.61. The standard InChI is InChI=1S/C32H38FN3O5S/c1-32(2,3)41-31(39)36-25-7-6-22(14-25)29(36)27(37)13-19(17-34)12-21-5-4-20(15-26(21)33)23-16-28(42-18-23)30(38)35-24-8-10-40-11-9-24/h4-5,15-16,18-19,22,24-25,29H,6-14H2,1-3H3,(H,35,38)/t19-,22+,25-,29+/m1/s1. The molecule has 2 aromatic rings. The molecule has 2 aliphatic heterocycles. The molecule has 2 bridgehead atoms. The molecule has 224 valence electrons. The molecular weight excluding hydrogens is 557 g/mol. The minimum Gasteiger partial charge on any atom is -0.444 e. The fraction of sp³-hybridized carbons (Fsp3) is 0.562. The number of amides is 2. The van der Waals surface area contributed by atoms with Crippen LogP contribution in [0.3, 0.4) is 0 Å². The van der Waals surface area contributed by atoms with Crippen molar-refractivity contribution >= 4 is 29.1 Å². The monoisotopic (exact) mass is 595 g/mol. The number of nitriles is 1. The maximum absolute atomic E-state index is 15.2. The fourth-order valence-corrected chi connectivity index (χ4v) is 7.19. The van der Waals surface area contributed by atoms with Crippen LogP contribution in [-0.2, 0) is 20.7 Å². The first kappa shape index (κ1) is 30.2. The first-order valence-electron chi connectivity index (χ1n) is 14.7. The average molecular weight is 596 g/mol. The number of carbonyl (C=O) groups excluding carboxylic acids is 3. The van der Waals surface area contributed by atoms with E-state index in [1.165, 1.54) is 17.4 Å². The van der Waals surface area contributed by atoms with E-state index in [1.807, 2.05) is 5.38 Å². The number of carbonyl (C=O) groups is 3. The smallest absolute Gasteiger partial charge is 0.411 e. The molecule has 3 fully saturated rings. The van der Waals surface area contributed by atoms with E-state index in [4.69, 9.17) is 9.47 Å². The predicted molar refractivity (Wildman–Crippen MR) is 156 cm³/mol. The van der Waals surface area contributed by atoms with E-state index in [0.717, 1.165) is 37.7 Å². The van der Waals surface area contributed by atoms with Gasteiger partial charge in [0.25, 0.3) is 5.91 Å². The Labute approximate surface area is 250 Å². The van der Waals surface area contributed by atoms with E-state index < -0.39 is 29.5 Å². The largest absolute Gasteiger partial charge is 0.444 e. The van der Waals surface area contributed by atoms with E-state index in [1.54, 1.807) is 43.9 Å². The Balaban J connectivity index is 1.22. The molecule has 2 saturated heterocycles. The number of hydrogen-bond acceptors (Lipinski definition) is 7. The molecule has 0 spiro atoms. The summed E-state index contributed by atoms with van der Waals surface area (Å²) in [5, 5.41) is 14.7. The van der Waals surface area contributed by atoms with Gasteiger partial charge in [-0.25, -0.2) is 9.18 Å². The SMILES string of the molecule is CC(C)(C)OC(=O)N1[C@@H]2CC[C@@H](C2)[C@H]1C(=O)C[C@H](C#N)Cc1ccc(-c2csc(C(=O)NC3CCOCC3)c2)cc1F. The molecule has 3 aliphatic rings. The second-order valence-corrected chi connectivity index (χ2v) is 13.5. The molecule has 10 heteroatoms. The van der Waals surface area contributed by atoms with Crippen LogP contribution in [0.1, 0.15) is 74.5 Å². The van der Waals surface area contributed by atoms with Crippen LogP contribution in [0, 0.1) is 29.0 Å². The first-order chi connectivity index (χ1) is 20.0. The third-order valence-electron chi connectivity index (χ3n) is 8.38. The number of piperidine rings is 1. The molecule has 4 atom stereocenters. The molecule has 42 heavy (non-hydrogen) atoms. The third kappa shape index (κ3) is 6.84. The van der Waals surface area contributed by atoms with Crippen molar-refractivity contribution in [3.8, 4) is 17.2 Å². The maximum Gasteiger partial charge on any atom is 0.411 e. The van der Waals surface area contributed by atoms with Crippen molar-refractivity contribution in [3.05, 3.63) is 45.9 Å². The highest BCUT2D eigenvalue weighted by Gasteiger charge is 2.52. The topological polar surface area (TPSA) is 109 Å². The van der Waals surface area contributed by atoms with Gasteiger partial charge in [0.2, 0.25) is 0 Å². The summed E-state index contributed by atoms with van der Waals surface area (Å²) in [6.45, 7) is 6.66. The number of fused-ring (bicyclic) bond motifs is 2. The molecule has 8 nitrogen and oxygen atoms in total. The lowest BCUT2D eigenvalue weighted by Crippen LogP contribution is -2.51. The number of ether oxygens (including phenoxy) is 2. The Hall–Kier alpha value is -3.29. The first-order valence-corrected chi connectivity index (χ1v) is 15.6. The summed E-state index contributed by atoms with van der Waals surface area (Å²) in [5.74, 6) is -1.42. The van der Waals surface area contributed by atoms with Crippen LogP contribution < -0.4 is 5.32 Å². The van der Waals surface area contributed by atoms with Crippen LogP contribution in [0.15, 0.2) is 29.6 Å². The fourth-order valence-electron chi connectivity index (χ4n) is 6.37. The van der Waals surface area contributed by atoms with Crippen molar-refractivity contribution in [1.29, 1.82) is 5.26 Å². The summed E-state index contributed by atoms with van der Waals surface area (Å²) >= 11 is 1.31. The molecule has 2 amide bonds. The molecular formula is C32H38FN3O5S. The van der Waals surface area contributed by atoms with Gasteiger partial charge in [-0.1, -0.05) is 12.1 Å². The highest BCUT2D eigenvalue weighted by molar-refractivity contribution is 7.12. The van der Waals surface area contributed by atoms with Gasteiger partial charge < -0.3 is 14.8 Å². The number of benzene rings is 1. The normalized spacial score (nSPS) is 22.9. The molecule has 1 aromatic heterocycles. The number of rotatable bonds is 8. The van der Waals surface area contributed by atoms with Gasteiger partial charge in [0.15, 0.2) is 5.78 Å². The molecule has 1 aromatic carbocycles. The van der Waals surface area contributed by atoms with Gasteiger partial charge in [-0.15, -0.1) is 11.3 Å². The summed E-state index contributed by atoms with van der Waals surface area (Å²) in [6, 6.07) is 8.25. The van der Waals surface area contributed by atoms with Gasteiger partial charge in [-0.05, 0) is 99.4 Å².